The number of nitrogens with zero attached hydrogens (tertiary/aromatic N) is 2. The van der Waals surface area contributed by atoms with Gasteiger partial charge in [0.1, 0.15) is 0 Å². The fourth-order valence-corrected chi connectivity index (χ4v) is 1.98. The first-order valence-electron chi connectivity index (χ1n) is 5.86. The number of hydrogen-bond donors (Lipinski definition) is 1. The zero-order chi connectivity index (χ0) is 13.2. The van der Waals surface area contributed by atoms with Gasteiger partial charge in [0.25, 0.3) is 11.8 Å². The first kappa shape index (κ1) is 11.4. The summed E-state index contributed by atoms with van der Waals surface area (Å²) in [4.78, 5) is 24.1. The van der Waals surface area contributed by atoms with Gasteiger partial charge in [0, 0.05) is 18.3 Å². The van der Waals surface area contributed by atoms with Crippen LogP contribution < -0.4 is 0 Å². The van der Waals surface area contributed by atoms with Crippen LogP contribution in [0, 0.1) is 0 Å². The van der Waals surface area contributed by atoms with E-state index in [-0.39, 0.29) is 11.8 Å². The Kier molecular flexibility index (Phi) is 2.72. The minimum absolute atomic E-state index is 0.261. The highest BCUT2D eigenvalue weighted by Gasteiger charge is 2.23. The molecule has 2 aromatic rings. The van der Waals surface area contributed by atoms with Crippen molar-refractivity contribution in [3.05, 3.63) is 54.2 Å². The summed E-state index contributed by atoms with van der Waals surface area (Å²) in [6.07, 6.45) is 4.28. The summed E-state index contributed by atoms with van der Waals surface area (Å²) in [5.41, 5.74) is 2.86. The smallest absolute Gasteiger partial charge is 0.253 e. The van der Waals surface area contributed by atoms with Gasteiger partial charge in [0.2, 0.25) is 0 Å². The first-order chi connectivity index (χ1) is 9.24. The molecule has 0 aliphatic carbocycles. The van der Waals surface area contributed by atoms with Crippen LogP contribution in [0.15, 0.2) is 48.7 Å². The number of nitrogens with one attached hydrogen (secondary N) is 1. The summed E-state index contributed by atoms with van der Waals surface area (Å²) in [5.74, 6) is -0.523. The van der Waals surface area contributed by atoms with Crippen LogP contribution in [-0.2, 0) is 16.1 Å². The number of benzene rings is 1. The second-order valence-corrected chi connectivity index (χ2v) is 4.26. The molecule has 0 bridgehead atoms. The number of aromatic amines is 1. The van der Waals surface area contributed by atoms with Crippen LogP contribution in [0.4, 0.5) is 0 Å². The van der Waals surface area contributed by atoms with Crippen molar-refractivity contribution in [3.8, 4) is 11.3 Å². The Hall–Kier alpha value is -2.69. The summed E-state index contributed by atoms with van der Waals surface area (Å²) in [7, 11) is 0. The molecule has 3 rings (SSSR count). The minimum Gasteiger partial charge on any atom is -0.278 e. The summed E-state index contributed by atoms with van der Waals surface area (Å²) in [6, 6.07) is 9.54. The lowest BCUT2D eigenvalue weighted by molar-refractivity contribution is -0.137. The highest BCUT2D eigenvalue weighted by molar-refractivity contribution is 6.12. The topological polar surface area (TPSA) is 66.1 Å². The second kappa shape index (κ2) is 4.53. The Morgan fingerprint density at radius 3 is 2.26 bits per heavy atom. The van der Waals surface area contributed by atoms with Crippen molar-refractivity contribution in [1.82, 2.24) is 15.1 Å². The van der Waals surface area contributed by atoms with Crippen LogP contribution in [0.2, 0.25) is 0 Å². The minimum atomic E-state index is -0.261. The summed E-state index contributed by atoms with van der Waals surface area (Å²) in [5, 5.41) is 6.77. The Bertz CT molecular complexity index is 624. The number of imide groups is 1. The zero-order valence-corrected chi connectivity index (χ0v) is 10.0. The average Bonchev–Trinajstić information content (AvgIpc) is 3.05. The maximum Gasteiger partial charge on any atom is 0.253 e. The molecule has 0 unspecified atom stereocenters. The molecule has 19 heavy (non-hydrogen) atoms. The predicted octanol–water partition coefficient (Wildman–Crippen LogP) is 1.50. The molecule has 1 aromatic heterocycles. The Morgan fingerprint density at radius 2 is 1.68 bits per heavy atom. The van der Waals surface area contributed by atoms with Crippen LogP contribution in [0.25, 0.3) is 11.3 Å². The van der Waals surface area contributed by atoms with Gasteiger partial charge in [-0.2, -0.15) is 5.10 Å². The third-order valence-electron chi connectivity index (χ3n) is 3.01. The molecule has 2 amide bonds. The number of carbonyl (C=O) groups excluding carboxylic acids is 2. The van der Waals surface area contributed by atoms with E-state index in [1.54, 1.807) is 6.20 Å². The molecule has 0 spiro atoms. The summed E-state index contributed by atoms with van der Waals surface area (Å²) >= 11 is 0. The SMILES string of the molecule is O=C1C=CC(=O)N1Cc1ccc(-c2ccn[nH]2)cc1. The molecule has 1 aromatic carbocycles. The predicted molar refractivity (Wildman–Crippen MR) is 68.7 cm³/mol. The highest BCUT2D eigenvalue weighted by Crippen LogP contribution is 2.18. The van der Waals surface area contributed by atoms with Gasteiger partial charge in [-0.15, -0.1) is 0 Å². The van der Waals surface area contributed by atoms with Crippen molar-refractivity contribution in [2.75, 3.05) is 0 Å². The third-order valence-corrected chi connectivity index (χ3v) is 3.01. The highest BCUT2D eigenvalue weighted by atomic mass is 16.2. The molecule has 0 saturated carbocycles. The number of carbonyl (C=O) groups is 2. The van der Waals surface area contributed by atoms with Gasteiger partial charge >= 0.3 is 0 Å². The Balaban J connectivity index is 1.77. The van der Waals surface area contributed by atoms with E-state index < -0.39 is 0 Å². The lowest BCUT2D eigenvalue weighted by atomic mass is 10.1. The Labute approximate surface area is 109 Å². The van der Waals surface area contributed by atoms with E-state index in [1.807, 2.05) is 30.3 Å². The molecule has 94 valence electrons. The van der Waals surface area contributed by atoms with E-state index in [2.05, 4.69) is 10.2 Å². The average molecular weight is 253 g/mol. The van der Waals surface area contributed by atoms with E-state index >= 15 is 0 Å². The molecule has 0 saturated heterocycles. The zero-order valence-electron chi connectivity index (χ0n) is 10.0. The monoisotopic (exact) mass is 253 g/mol. The summed E-state index contributed by atoms with van der Waals surface area (Å²) < 4.78 is 0. The van der Waals surface area contributed by atoms with Crippen molar-refractivity contribution in [2.24, 2.45) is 0 Å². The van der Waals surface area contributed by atoms with E-state index in [4.69, 9.17) is 0 Å². The van der Waals surface area contributed by atoms with Crippen LogP contribution in [0.3, 0.4) is 0 Å². The van der Waals surface area contributed by atoms with Crippen molar-refractivity contribution >= 4 is 11.8 Å². The van der Waals surface area contributed by atoms with Gasteiger partial charge in [0.15, 0.2) is 0 Å². The van der Waals surface area contributed by atoms with Crippen molar-refractivity contribution < 1.29 is 9.59 Å². The van der Waals surface area contributed by atoms with Gasteiger partial charge in [-0.1, -0.05) is 24.3 Å². The lowest BCUT2D eigenvalue weighted by Crippen LogP contribution is -2.29. The molecule has 0 radical (unpaired) electrons. The van der Waals surface area contributed by atoms with Crippen LogP contribution in [0.1, 0.15) is 5.56 Å². The lowest BCUT2D eigenvalue weighted by Gasteiger charge is -2.13. The number of aromatic nitrogens is 2. The number of H-pyrrole nitrogens is 1. The van der Waals surface area contributed by atoms with Crippen molar-refractivity contribution in [1.29, 1.82) is 0 Å². The largest absolute Gasteiger partial charge is 0.278 e. The maximum atomic E-state index is 11.4. The van der Waals surface area contributed by atoms with Gasteiger partial charge < -0.3 is 0 Å². The van der Waals surface area contributed by atoms with Crippen molar-refractivity contribution in [2.45, 2.75) is 6.54 Å². The molecular weight excluding hydrogens is 242 g/mol. The number of hydrogen-bond acceptors (Lipinski definition) is 3. The molecule has 0 fully saturated rings. The van der Waals surface area contributed by atoms with E-state index in [0.717, 1.165) is 16.8 Å². The van der Waals surface area contributed by atoms with Gasteiger partial charge in [-0.3, -0.25) is 19.6 Å². The normalized spacial score (nSPS) is 14.4. The van der Waals surface area contributed by atoms with Crippen LogP contribution in [-0.4, -0.2) is 26.9 Å². The van der Waals surface area contributed by atoms with Gasteiger partial charge in [-0.05, 0) is 17.2 Å². The Morgan fingerprint density at radius 1 is 1.00 bits per heavy atom. The number of rotatable bonds is 3. The van der Waals surface area contributed by atoms with Gasteiger partial charge in [-0.25, -0.2) is 0 Å². The molecule has 5 nitrogen and oxygen atoms in total. The molecule has 1 N–H and O–H groups in total. The molecule has 1 aliphatic heterocycles. The van der Waals surface area contributed by atoms with Gasteiger partial charge in [0.05, 0.1) is 12.2 Å². The quantitative estimate of drug-likeness (QED) is 0.843. The fraction of sp³-hybridized carbons (Fsp3) is 0.0714. The second-order valence-electron chi connectivity index (χ2n) is 4.26. The third kappa shape index (κ3) is 2.18. The van der Waals surface area contributed by atoms with E-state index in [1.165, 1.54) is 17.1 Å². The molecular formula is C14H11N3O2. The van der Waals surface area contributed by atoms with Crippen molar-refractivity contribution in [3.63, 3.8) is 0 Å². The molecule has 2 heterocycles. The molecule has 1 aliphatic rings. The molecule has 5 heteroatoms. The maximum absolute atomic E-state index is 11.4. The van der Waals surface area contributed by atoms with Crippen LogP contribution >= 0.6 is 0 Å². The van der Waals surface area contributed by atoms with E-state index in [9.17, 15) is 9.59 Å². The fourth-order valence-electron chi connectivity index (χ4n) is 1.98. The standard InChI is InChI=1S/C14H11N3O2/c18-13-5-6-14(19)17(13)9-10-1-3-11(4-2-10)12-7-8-15-16-12/h1-8H,9H2,(H,15,16). The first-order valence-corrected chi connectivity index (χ1v) is 5.86. The van der Waals surface area contributed by atoms with E-state index in [0.29, 0.717) is 6.54 Å². The number of amides is 2. The van der Waals surface area contributed by atoms with Crippen LogP contribution in [0.5, 0.6) is 0 Å². The molecule has 0 atom stereocenters. The summed E-state index contributed by atoms with van der Waals surface area (Å²) in [6.45, 7) is 0.300.